The highest BCUT2D eigenvalue weighted by molar-refractivity contribution is 5.93. The lowest BCUT2D eigenvalue weighted by molar-refractivity contribution is -0.123. The van der Waals surface area contributed by atoms with Crippen LogP contribution >= 0.6 is 0 Å². The normalized spacial score (nSPS) is 10.9. The van der Waals surface area contributed by atoms with E-state index < -0.39 is 11.8 Å². The molecule has 0 atom stereocenters. The fraction of sp³-hybridized carbons (Fsp3) is 0.105. The summed E-state index contributed by atoms with van der Waals surface area (Å²) in [6.07, 6.45) is 2.95. The first-order valence-electron chi connectivity index (χ1n) is 14.9. The Morgan fingerprint density at radius 1 is 0.596 bits per heavy atom. The van der Waals surface area contributed by atoms with Gasteiger partial charge in [0.25, 0.3) is 11.8 Å². The second-order valence-electron chi connectivity index (χ2n) is 10.4. The van der Waals surface area contributed by atoms with Crippen LogP contribution in [0.5, 0.6) is 17.2 Å². The van der Waals surface area contributed by atoms with E-state index in [1.54, 1.807) is 0 Å². The Labute approximate surface area is 273 Å². The smallest absolute Gasteiger partial charge is 0.277 e. The molecule has 0 aliphatic heterocycles. The molecule has 236 valence electrons. The van der Waals surface area contributed by atoms with Crippen molar-refractivity contribution in [3.8, 4) is 39.5 Å². The number of hydrogen-bond donors (Lipinski definition) is 2. The number of ether oxygens (including phenoxy) is 3. The first-order chi connectivity index (χ1) is 23.0. The number of nitrogens with one attached hydrogen (secondary N) is 2. The zero-order chi connectivity index (χ0) is 32.8. The van der Waals surface area contributed by atoms with Crippen LogP contribution in [0.3, 0.4) is 0 Å². The van der Waals surface area contributed by atoms with E-state index in [1.807, 2.05) is 128 Å². The lowest BCUT2D eigenvalue weighted by Crippen LogP contribution is -2.24. The van der Waals surface area contributed by atoms with Gasteiger partial charge in [-0.3, -0.25) is 9.59 Å². The molecule has 9 nitrogen and oxygen atoms in total. The third-order valence-corrected chi connectivity index (χ3v) is 6.94. The van der Waals surface area contributed by atoms with Crippen LogP contribution in [-0.4, -0.2) is 44.6 Å². The Balaban J connectivity index is 1.10. The minimum absolute atomic E-state index is 0.201. The van der Waals surface area contributed by atoms with E-state index in [2.05, 4.69) is 21.1 Å². The average Bonchev–Trinajstić information content (AvgIpc) is 3.11. The van der Waals surface area contributed by atoms with Gasteiger partial charge in [-0.2, -0.15) is 10.2 Å². The van der Waals surface area contributed by atoms with Crippen molar-refractivity contribution in [2.24, 2.45) is 10.2 Å². The summed E-state index contributed by atoms with van der Waals surface area (Å²) in [6, 6.07) is 38.7. The molecular weight excluding hydrogens is 592 g/mol. The number of carbonyl (C=O) groups is 2. The topological polar surface area (TPSA) is 111 Å². The molecule has 5 aromatic rings. The zero-order valence-electron chi connectivity index (χ0n) is 26.1. The van der Waals surface area contributed by atoms with Crippen molar-refractivity contribution in [2.45, 2.75) is 6.92 Å². The number of hydrazone groups is 2. The maximum atomic E-state index is 12.4. The third-order valence-electron chi connectivity index (χ3n) is 6.94. The van der Waals surface area contributed by atoms with Gasteiger partial charge in [0.05, 0.1) is 19.5 Å². The predicted octanol–water partition coefficient (Wildman–Crippen LogP) is 6.40. The second-order valence-corrected chi connectivity index (χ2v) is 10.4. The van der Waals surface area contributed by atoms with Crippen LogP contribution in [0.15, 0.2) is 132 Å². The first-order valence-corrected chi connectivity index (χ1v) is 14.9. The Morgan fingerprint density at radius 2 is 0.979 bits per heavy atom. The molecule has 2 amide bonds. The van der Waals surface area contributed by atoms with Gasteiger partial charge in [0.15, 0.2) is 13.2 Å². The number of methoxy groups -OCH3 is 1. The lowest BCUT2D eigenvalue weighted by atomic mass is 10.1. The molecule has 0 aliphatic rings. The van der Waals surface area contributed by atoms with Crippen molar-refractivity contribution in [3.63, 3.8) is 0 Å². The van der Waals surface area contributed by atoms with Crippen molar-refractivity contribution in [1.82, 2.24) is 10.9 Å². The van der Waals surface area contributed by atoms with E-state index in [-0.39, 0.29) is 13.2 Å². The fourth-order valence-electron chi connectivity index (χ4n) is 4.72. The molecule has 2 N–H and O–H groups in total. The third kappa shape index (κ3) is 9.39. The number of aryl methyl sites for hydroxylation is 1. The number of hydrogen-bond acceptors (Lipinski definition) is 7. The molecule has 47 heavy (non-hydrogen) atoms. The highest BCUT2D eigenvalue weighted by Gasteiger charge is 2.10. The van der Waals surface area contributed by atoms with Gasteiger partial charge in [0.2, 0.25) is 0 Å². The van der Waals surface area contributed by atoms with Gasteiger partial charge in [0.1, 0.15) is 17.2 Å². The zero-order valence-corrected chi connectivity index (χ0v) is 26.1. The summed E-state index contributed by atoms with van der Waals surface area (Å²) < 4.78 is 16.8. The number of amides is 2. The molecule has 0 fully saturated rings. The number of benzene rings is 5. The minimum Gasteiger partial charge on any atom is -0.495 e. The number of rotatable bonds is 13. The van der Waals surface area contributed by atoms with Crippen molar-refractivity contribution in [1.29, 1.82) is 0 Å². The van der Waals surface area contributed by atoms with Crippen LogP contribution in [0.1, 0.15) is 16.7 Å². The van der Waals surface area contributed by atoms with Gasteiger partial charge in [-0.1, -0.05) is 84.9 Å². The van der Waals surface area contributed by atoms with Crippen LogP contribution < -0.4 is 25.1 Å². The summed E-state index contributed by atoms with van der Waals surface area (Å²) in [5.74, 6) is 0.780. The van der Waals surface area contributed by atoms with Gasteiger partial charge in [-0.25, -0.2) is 10.9 Å². The predicted molar refractivity (Wildman–Crippen MR) is 184 cm³/mol. The Hall–Kier alpha value is -6.22. The van der Waals surface area contributed by atoms with Gasteiger partial charge in [-0.05, 0) is 71.1 Å². The van der Waals surface area contributed by atoms with Gasteiger partial charge >= 0.3 is 0 Å². The highest BCUT2D eigenvalue weighted by atomic mass is 16.5. The van der Waals surface area contributed by atoms with Crippen molar-refractivity contribution in [3.05, 3.63) is 138 Å². The molecule has 0 saturated carbocycles. The molecule has 0 aromatic heterocycles. The molecule has 0 bridgehead atoms. The maximum absolute atomic E-state index is 12.4. The van der Waals surface area contributed by atoms with Crippen molar-refractivity contribution in [2.75, 3.05) is 20.3 Å². The quantitative estimate of drug-likeness (QED) is 0.116. The van der Waals surface area contributed by atoms with Crippen LogP contribution in [0.25, 0.3) is 22.3 Å². The standard InChI is InChI=1S/C38H34N4O5/c1-27-21-32(23-39-41-36(43)25-46-34-17-13-30(14-18-34)28-9-5-3-6-10-28)38(45-2)33(22-27)24-40-42-37(44)26-47-35-19-15-31(16-20-35)29-11-7-4-8-12-29/h3-24H,25-26H2,1-2H3,(H,41,43)(H,42,44)/b39-23-,40-24-. The second kappa shape index (κ2) is 16.2. The Bertz CT molecular complexity index is 1710. The van der Waals surface area contributed by atoms with E-state index in [9.17, 15) is 9.59 Å². The molecule has 0 heterocycles. The molecule has 0 radical (unpaired) electrons. The van der Waals surface area contributed by atoms with Crippen LogP contribution in [0, 0.1) is 6.92 Å². The summed E-state index contributed by atoms with van der Waals surface area (Å²) in [4.78, 5) is 24.7. The number of carbonyl (C=O) groups excluding carboxylic acids is 2. The molecule has 5 aromatic carbocycles. The van der Waals surface area contributed by atoms with Crippen molar-refractivity contribution >= 4 is 24.2 Å². The number of nitrogens with zero attached hydrogens (tertiary/aromatic N) is 2. The van der Waals surface area contributed by atoms with Gasteiger partial charge in [0, 0.05) is 11.1 Å². The molecule has 0 aliphatic carbocycles. The fourth-order valence-corrected chi connectivity index (χ4v) is 4.72. The lowest BCUT2D eigenvalue weighted by Gasteiger charge is -2.10. The summed E-state index contributed by atoms with van der Waals surface area (Å²) in [7, 11) is 1.52. The van der Waals surface area contributed by atoms with Crippen LogP contribution in [0.4, 0.5) is 0 Å². The average molecular weight is 627 g/mol. The van der Waals surface area contributed by atoms with Crippen LogP contribution in [-0.2, 0) is 9.59 Å². The minimum atomic E-state index is -0.418. The maximum Gasteiger partial charge on any atom is 0.277 e. The Morgan fingerprint density at radius 3 is 1.36 bits per heavy atom. The van der Waals surface area contributed by atoms with E-state index in [4.69, 9.17) is 14.2 Å². The van der Waals surface area contributed by atoms with E-state index in [1.165, 1.54) is 19.5 Å². The molecule has 0 saturated heterocycles. The van der Waals surface area contributed by atoms with Gasteiger partial charge in [-0.15, -0.1) is 0 Å². The largest absolute Gasteiger partial charge is 0.495 e. The molecule has 9 heteroatoms. The summed E-state index contributed by atoms with van der Waals surface area (Å²) in [5, 5.41) is 8.13. The van der Waals surface area contributed by atoms with Crippen molar-refractivity contribution < 1.29 is 23.8 Å². The first kappa shape index (κ1) is 32.2. The summed E-state index contributed by atoms with van der Waals surface area (Å²) in [5.41, 5.74) is 11.4. The van der Waals surface area contributed by atoms with Crippen LogP contribution in [0.2, 0.25) is 0 Å². The monoisotopic (exact) mass is 626 g/mol. The summed E-state index contributed by atoms with van der Waals surface area (Å²) in [6.45, 7) is 1.50. The van der Waals surface area contributed by atoms with E-state index in [0.717, 1.165) is 27.8 Å². The SMILES string of the molecule is COc1c(/C=N\NC(=O)COc2ccc(-c3ccccc3)cc2)cc(C)cc1/C=N\NC(=O)COc1ccc(-c2ccccc2)cc1. The van der Waals surface area contributed by atoms with E-state index in [0.29, 0.717) is 28.4 Å². The molecule has 0 spiro atoms. The van der Waals surface area contributed by atoms with Gasteiger partial charge < -0.3 is 14.2 Å². The Kier molecular flexibility index (Phi) is 11.1. The highest BCUT2D eigenvalue weighted by Crippen LogP contribution is 2.24. The molecule has 5 rings (SSSR count). The molecule has 0 unspecified atom stereocenters. The molecular formula is C38H34N4O5. The summed E-state index contributed by atoms with van der Waals surface area (Å²) >= 11 is 0. The van der Waals surface area contributed by atoms with E-state index >= 15 is 0 Å².